The second-order valence-electron chi connectivity index (χ2n) is 2.86. The van der Waals surface area contributed by atoms with Crippen molar-refractivity contribution >= 4 is 5.91 Å². The van der Waals surface area contributed by atoms with Crippen molar-refractivity contribution in [3.05, 3.63) is 29.8 Å². The van der Waals surface area contributed by atoms with Crippen LogP contribution in [0.3, 0.4) is 0 Å². The van der Waals surface area contributed by atoms with Crippen LogP contribution in [0.15, 0.2) is 24.3 Å². The summed E-state index contributed by atoms with van der Waals surface area (Å²) in [6.07, 6.45) is 0.799. The monoisotopic (exact) mass is 195 g/mol. The maximum Gasteiger partial charge on any atom is 0.243 e. The lowest BCUT2D eigenvalue weighted by molar-refractivity contribution is -0.131. The molecule has 4 nitrogen and oxygen atoms in total. The quantitative estimate of drug-likeness (QED) is 0.705. The van der Waals surface area contributed by atoms with Crippen molar-refractivity contribution in [2.45, 2.75) is 12.8 Å². The number of aryl methyl sites for hydroxylation is 1. The highest BCUT2D eigenvalue weighted by molar-refractivity contribution is 5.75. The number of aromatic hydroxyl groups is 1. The van der Waals surface area contributed by atoms with Gasteiger partial charge in [0, 0.05) is 6.42 Å². The molecule has 0 fully saturated rings. The normalized spacial score (nSPS) is 9.79. The summed E-state index contributed by atoms with van der Waals surface area (Å²) in [5.74, 6) is 0.0217. The molecule has 0 aliphatic rings. The number of nitrogens with one attached hydrogen (secondary N) is 1. The number of phenolic OH excluding ortho intramolecular Hbond substituents is 1. The van der Waals surface area contributed by atoms with E-state index in [4.69, 9.17) is 0 Å². The summed E-state index contributed by atoms with van der Waals surface area (Å²) in [5, 5.41) is 9.39. The van der Waals surface area contributed by atoms with Crippen LogP contribution in [0.5, 0.6) is 5.75 Å². The van der Waals surface area contributed by atoms with Crippen molar-refractivity contribution in [3.8, 4) is 5.75 Å². The first-order valence-electron chi connectivity index (χ1n) is 4.32. The molecule has 0 unspecified atom stereocenters. The molecule has 2 N–H and O–H groups in total. The fourth-order valence-corrected chi connectivity index (χ4v) is 1.14. The van der Waals surface area contributed by atoms with Gasteiger partial charge in [0.25, 0.3) is 0 Å². The number of hydrogen-bond donors (Lipinski definition) is 2. The van der Waals surface area contributed by atoms with Crippen LogP contribution in [0.4, 0.5) is 0 Å². The Morgan fingerprint density at radius 3 is 2.86 bits per heavy atom. The summed E-state index contributed by atoms with van der Waals surface area (Å²) in [6.45, 7) is 0. The highest BCUT2D eigenvalue weighted by Gasteiger charge is 2.03. The molecular formula is C10H13NO3. The van der Waals surface area contributed by atoms with Crippen LogP contribution in [0, 0.1) is 0 Å². The van der Waals surface area contributed by atoms with Crippen LogP contribution >= 0.6 is 0 Å². The molecule has 1 aromatic carbocycles. The van der Waals surface area contributed by atoms with E-state index < -0.39 is 0 Å². The van der Waals surface area contributed by atoms with Gasteiger partial charge < -0.3 is 5.11 Å². The second-order valence-corrected chi connectivity index (χ2v) is 2.86. The molecule has 4 heteroatoms. The van der Waals surface area contributed by atoms with Crippen LogP contribution in [0.25, 0.3) is 0 Å². The molecule has 76 valence electrons. The smallest absolute Gasteiger partial charge is 0.243 e. The molecule has 0 saturated carbocycles. The van der Waals surface area contributed by atoms with Crippen molar-refractivity contribution in [3.63, 3.8) is 0 Å². The van der Waals surface area contributed by atoms with Gasteiger partial charge in [0.05, 0.1) is 7.11 Å². The van der Waals surface area contributed by atoms with Gasteiger partial charge in [-0.15, -0.1) is 0 Å². The molecule has 0 heterocycles. The zero-order chi connectivity index (χ0) is 10.4. The fraction of sp³-hybridized carbons (Fsp3) is 0.300. The lowest BCUT2D eigenvalue weighted by Gasteiger charge is -2.03. The minimum absolute atomic E-state index is 0.198. The molecule has 1 aromatic rings. The molecule has 14 heavy (non-hydrogen) atoms. The summed E-state index contributed by atoms with van der Waals surface area (Å²) in [5.41, 5.74) is 2.98. The van der Waals surface area contributed by atoms with Crippen LogP contribution in [0.1, 0.15) is 12.0 Å². The molecule has 0 saturated heterocycles. The minimum Gasteiger partial charge on any atom is -0.508 e. The molecule has 1 amide bonds. The fourth-order valence-electron chi connectivity index (χ4n) is 1.14. The van der Waals surface area contributed by atoms with Gasteiger partial charge in [0.15, 0.2) is 0 Å². The average molecular weight is 195 g/mol. The van der Waals surface area contributed by atoms with Gasteiger partial charge in [-0.05, 0) is 18.1 Å². The van der Waals surface area contributed by atoms with Gasteiger partial charge in [-0.2, -0.15) is 0 Å². The molecule has 0 aliphatic heterocycles. The highest BCUT2D eigenvalue weighted by Crippen LogP contribution is 2.16. The van der Waals surface area contributed by atoms with Crippen LogP contribution in [-0.4, -0.2) is 18.1 Å². The molecule has 0 aliphatic carbocycles. The summed E-state index contributed by atoms with van der Waals surface area (Å²) >= 11 is 0. The number of amides is 1. The topological polar surface area (TPSA) is 58.6 Å². The van der Waals surface area contributed by atoms with Crippen LogP contribution in [-0.2, 0) is 16.1 Å². The van der Waals surface area contributed by atoms with Crippen molar-refractivity contribution in [1.82, 2.24) is 5.48 Å². The third-order valence-electron chi connectivity index (χ3n) is 1.83. The third-order valence-corrected chi connectivity index (χ3v) is 1.83. The molecular weight excluding hydrogens is 182 g/mol. The van der Waals surface area contributed by atoms with E-state index in [1.54, 1.807) is 18.2 Å². The largest absolute Gasteiger partial charge is 0.508 e. The Morgan fingerprint density at radius 1 is 1.50 bits per heavy atom. The van der Waals surface area contributed by atoms with E-state index in [1.807, 2.05) is 6.07 Å². The molecule has 0 aromatic heterocycles. The molecule has 0 bridgehead atoms. The van der Waals surface area contributed by atoms with E-state index in [0.29, 0.717) is 12.8 Å². The first-order valence-corrected chi connectivity index (χ1v) is 4.32. The lowest BCUT2D eigenvalue weighted by atomic mass is 10.1. The van der Waals surface area contributed by atoms with Gasteiger partial charge in [0.1, 0.15) is 5.75 Å². The van der Waals surface area contributed by atoms with Gasteiger partial charge in [-0.1, -0.05) is 18.2 Å². The summed E-state index contributed by atoms with van der Waals surface area (Å²) in [6, 6.07) is 6.95. The Hall–Kier alpha value is -1.55. The Kier molecular flexibility index (Phi) is 3.94. The number of para-hydroxylation sites is 1. The van der Waals surface area contributed by atoms with E-state index in [1.165, 1.54) is 7.11 Å². The molecule has 0 radical (unpaired) electrons. The Morgan fingerprint density at radius 2 is 2.21 bits per heavy atom. The second kappa shape index (κ2) is 5.24. The summed E-state index contributed by atoms with van der Waals surface area (Å²) in [4.78, 5) is 15.5. The molecule has 0 atom stereocenters. The van der Waals surface area contributed by atoms with Gasteiger partial charge in [0.2, 0.25) is 5.91 Å². The first-order chi connectivity index (χ1) is 6.74. The molecule has 1 rings (SSSR count). The van der Waals surface area contributed by atoms with E-state index in [2.05, 4.69) is 10.3 Å². The summed E-state index contributed by atoms with van der Waals surface area (Å²) < 4.78 is 0. The average Bonchev–Trinajstić information content (AvgIpc) is 2.17. The van der Waals surface area contributed by atoms with E-state index in [0.717, 1.165) is 5.56 Å². The van der Waals surface area contributed by atoms with Crippen molar-refractivity contribution < 1.29 is 14.7 Å². The van der Waals surface area contributed by atoms with Crippen molar-refractivity contribution in [1.29, 1.82) is 0 Å². The van der Waals surface area contributed by atoms with Crippen molar-refractivity contribution in [2.75, 3.05) is 7.11 Å². The van der Waals surface area contributed by atoms with E-state index in [-0.39, 0.29) is 11.7 Å². The zero-order valence-electron chi connectivity index (χ0n) is 7.99. The van der Waals surface area contributed by atoms with Crippen LogP contribution in [0.2, 0.25) is 0 Å². The minimum atomic E-state index is -0.198. The maximum absolute atomic E-state index is 11.0. The standard InChI is InChI=1S/C10H13NO3/c1-14-11-10(13)7-6-8-4-2-3-5-9(8)12/h2-5,12H,6-7H2,1H3,(H,11,13). The van der Waals surface area contributed by atoms with Crippen molar-refractivity contribution in [2.24, 2.45) is 0 Å². The molecule has 0 spiro atoms. The first kappa shape index (κ1) is 10.5. The number of hydroxylamine groups is 1. The van der Waals surface area contributed by atoms with E-state index >= 15 is 0 Å². The third kappa shape index (κ3) is 3.06. The Bertz CT molecular complexity index is 312. The van der Waals surface area contributed by atoms with Gasteiger partial charge in [-0.25, -0.2) is 5.48 Å². The predicted octanol–water partition coefficient (Wildman–Crippen LogP) is 1.00. The number of hydrogen-bond acceptors (Lipinski definition) is 3. The van der Waals surface area contributed by atoms with E-state index in [9.17, 15) is 9.90 Å². The lowest BCUT2D eigenvalue weighted by Crippen LogP contribution is -2.21. The SMILES string of the molecule is CONC(=O)CCc1ccccc1O. The predicted molar refractivity (Wildman–Crippen MR) is 51.6 cm³/mol. The highest BCUT2D eigenvalue weighted by atomic mass is 16.6. The zero-order valence-corrected chi connectivity index (χ0v) is 7.99. The number of benzene rings is 1. The number of carbonyl (C=O) groups is 1. The van der Waals surface area contributed by atoms with Crippen LogP contribution < -0.4 is 5.48 Å². The Labute approximate surface area is 82.5 Å². The number of carbonyl (C=O) groups excluding carboxylic acids is 1. The van der Waals surface area contributed by atoms with Gasteiger partial charge in [-0.3, -0.25) is 9.63 Å². The number of phenols is 1. The maximum atomic E-state index is 11.0. The summed E-state index contributed by atoms with van der Waals surface area (Å²) in [7, 11) is 1.39. The van der Waals surface area contributed by atoms with Gasteiger partial charge >= 0.3 is 0 Å². The Balaban J connectivity index is 2.46. The number of rotatable bonds is 4.